The first-order chi connectivity index (χ1) is 8.27. The first kappa shape index (κ1) is 15.1. The molecular weight excluding hydrogens is 317 g/mol. The summed E-state index contributed by atoms with van der Waals surface area (Å²) in [5.74, 6) is -1.98. The second-order valence-electron chi connectivity index (χ2n) is 3.62. The number of hydrogen-bond acceptors (Lipinski definition) is 3. The van der Waals surface area contributed by atoms with Gasteiger partial charge in [-0.15, -0.1) is 0 Å². The van der Waals surface area contributed by atoms with Crippen LogP contribution in [-0.4, -0.2) is 33.6 Å². The SMILES string of the molecule is O=C(c1cccc(C(O)C(O)CBr)c1)C(F)(F)F. The van der Waals surface area contributed by atoms with Gasteiger partial charge in [0.25, 0.3) is 5.78 Å². The standard InChI is InChI=1S/C11H10BrF3O3/c12-5-8(16)9(17)6-2-1-3-7(4-6)10(18)11(13,14)15/h1-4,8-9,16-17H,5H2. The van der Waals surface area contributed by atoms with E-state index in [0.717, 1.165) is 12.1 Å². The Kier molecular flexibility index (Phi) is 4.89. The van der Waals surface area contributed by atoms with E-state index in [4.69, 9.17) is 0 Å². The molecule has 1 rings (SSSR count). The van der Waals surface area contributed by atoms with Crippen LogP contribution < -0.4 is 0 Å². The van der Waals surface area contributed by atoms with Crippen LogP contribution in [0.1, 0.15) is 22.0 Å². The fourth-order valence-electron chi connectivity index (χ4n) is 1.33. The molecule has 0 saturated carbocycles. The van der Waals surface area contributed by atoms with E-state index in [1.807, 2.05) is 0 Å². The molecule has 0 spiro atoms. The molecule has 0 aliphatic heterocycles. The molecule has 2 atom stereocenters. The van der Waals surface area contributed by atoms with Crippen molar-refractivity contribution in [2.24, 2.45) is 0 Å². The molecule has 2 N–H and O–H groups in total. The predicted molar refractivity (Wildman–Crippen MR) is 61.6 cm³/mol. The van der Waals surface area contributed by atoms with Gasteiger partial charge in [0.2, 0.25) is 0 Å². The van der Waals surface area contributed by atoms with Gasteiger partial charge in [-0.3, -0.25) is 4.79 Å². The normalized spacial score (nSPS) is 15.2. The van der Waals surface area contributed by atoms with Gasteiger partial charge in [-0.1, -0.05) is 34.1 Å². The van der Waals surface area contributed by atoms with E-state index in [-0.39, 0.29) is 10.9 Å². The van der Waals surface area contributed by atoms with Crippen LogP contribution in [-0.2, 0) is 0 Å². The Morgan fingerprint density at radius 2 is 1.94 bits per heavy atom. The third-order valence-electron chi connectivity index (χ3n) is 2.27. The molecule has 18 heavy (non-hydrogen) atoms. The third-order valence-corrected chi connectivity index (χ3v) is 2.93. The zero-order valence-electron chi connectivity index (χ0n) is 8.99. The van der Waals surface area contributed by atoms with E-state index in [1.54, 1.807) is 0 Å². The summed E-state index contributed by atoms with van der Waals surface area (Å²) in [6.07, 6.45) is -7.48. The van der Waals surface area contributed by atoms with Crippen molar-refractivity contribution in [1.29, 1.82) is 0 Å². The maximum atomic E-state index is 12.2. The number of carbonyl (C=O) groups excluding carboxylic acids is 1. The Balaban J connectivity index is 3.03. The lowest BCUT2D eigenvalue weighted by molar-refractivity contribution is -0.0885. The molecule has 100 valence electrons. The largest absolute Gasteiger partial charge is 0.454 e. The van der Waals surface area contributed by atoms with E-state index >= 15 is 0 Å². The highest BCUT2D eigenvalue weighted by Crippen LogP contribution is 2.24. The number of rotatable bonds is 4. The van der Waals surface area contributed by atoms with Crippen LogP contribution >= 0.6 is 15.9 Å². The van der Waals surface area contributed by atoms with E-state index < -0.39 is 29.7 Å². The van der Waals surface area contributed by atoms with Crippen molar-refractivity contribution in [3.05, 3.63) is 35.4 Å². The molecule has 7 heteroatoms. The van der Waals surface area contributed by atoms with Gasteiger partial charge in [0.15, 0.2) is 0 Å². The lowest BCUT2D eigenvalue weighted by Crippen LogP contribution is -2.24. The van der Waals surface area contributed by atoms with Crippen molar-refractivity contribution in [3.63, 3.8) is 0 Å². The second-order valence-corrected chi connectivity index (χ2v) is 4.27. The average molecular weight is 327 g/mol. The molecule has 0 fully saturated rings. The number of alkyl halides is 4. The zero-order chi connectivity index (χ0) is 13.9. The molecule has 0 aromatic heterocycles. The number of ketones is 1. The van der Waals surface area contributed by atoms with Crippen LogP contribution in [0.5, 0.6) is 0 Å². The molecular formula is C11H10BrF3O3. The summed E-state index contributed by atoms with van der Waals surface area (Å²) in [6, 6.07) is 4.49. The van der Waals surface area contributed by atoms with E-state index in [1.165, 1.54) is 12.1 Å². The third kappa shape index (κ3) is 3.54. The highest BCUT2D eigenvalue weighted by molar-refractivity contribution is 9.09. The number of aliphatic hydroxyl groups is 2. The van der Waals surface area contributed by atoms with Gasteiger partial charge in [0.1, 0.15) is 6.10 Å². The summed E-state index contributed by atoms with van der Waals surface area (Å²) in [5, 5.41) is 19.1. The summed E-state index contributed by atoms with van der Waals surface area (Å²) in [4.78, 5) is 11.0. The number of aliphatic hydroxyl groups excluding tert-OH is 2. The number of halogens is 4. The number of carbonyl (C=O) groups is 1. The van der Waals surface area contributed by atoms with Gasteiger partial charge in [-0.2, -0.15) is 13.2 Å². The lowest BCUT2D eigenvalue weighted by atomic mass is 10.0. The summed E-state index contributed by atoms with van der Waals surface area (Å²) in [6.45, 7) is 0. The Bertz CT molecular complexity index is 434. The maximum absolute atomic E-state index is 12.2. The first-order valence-electron chi connectivity index (χ1n) is 4.91. The molecule has 2 unspecified atom stereocenters. The number of Topliss-reactive ketones (excluding diaryl/α,β-unsaturated/α-hetero) is 1. The summed E-state index contributed by atoms with van der Waals surface area (Å²) in [7, 11) is 0. The molecule has 0 aliphatic rings. The van der Waals surface area contributed by atoms with E-state index in [9.17, 15) is 28.2 Å². The topological polar surface area (TPSA) is 57.5 Å². The van der Waals surface area contributed by atoms with Crippen LogP contribution in [0, 0.1) is 0 Å². The van der Waals surface area contributed by atoms with Crippen LogP contribution in [0.4, 0.5) is 13.2 Å². The van der Waals surface area contributed by atoms with Crippen LogP contribution in [0.2, 0.25) is 0 Å². The smallest absolute Gasteiger partial charge is 0.389 e. The minimum Gasteiger partial charge on any atom is -0.389 e. The Morgan fingerprint density at radius 3 is 2.44 bits per heavy atom. The van der Waals surface area contributed by atoms with Gasteiger partial charge < -0.3 is 10.2 Å². The van der Waals surface area contributed by atoms with Gasteiger partial charge in [-0.25, -0.2) is 0 Å². The molecule has 1 aromatic carbocycles. The van der Waals surface area contributed by atoms with Crippen molar-refractivity contribution in [3.8, 4) is 0 Å². The highest BCUT2D eigenvalue weighted by Gasteiger charge is 2.39. The second kappa shape index (κ2) is 5.81. The van der Waals surface area contributed by atoms with Crippen molar-refractivity contribution < 1.29 is 28.2 Å². The molecule has 0 saturated heterocycles. The average Bonchev–Trinajstić information content (AvgIpc) is 2.35. The maximum Gasteiger partial charge on any atom is 0.454 e. The highest BCUT2D eigenvalue weighted by atomic mass is 79.9. The summed E-state index contributed by atoms with van der Waals surface area (Å²) >= 11 is 2.93. The molecule has 3 nitrogen and oxygen atoms in total. The van der Waals surface area contributed by atoms with Crippen molar-refractivity contribution in [2.75, 3.05) is 5.33 Å². The Labute approximate surface area is 109 Å². The first-order valence-corrected chi connectivity index (χ1v) is 6.03. The molecule has 0 radical (unpaired) electrons. The van der Waals surface area contributed by atoms with Crippen LogP contribution in [0.25, 0.3) is 0 Å². The molecule has 0 heterocycles. The predicted octanol–water partition coefficient (Wildman–Crippen LogP) is 2.22. The summed E-state index contributed by atoms with van der Waals surface area (Å²) in [5.41, 5.74) is -0.516. The van der Waals surface area contributed by atoms with Crippen LogP contribution in [0.3, 0.4) is 0 Å². The Hall–Kier alpha value is -0.920. The molecule has 0 bridgehead atoms. The monoisotopic (exact) mass is 326 g/mol. The van der Waals surface area contributed by atoms with E-state index in [0.29, 0.717) is 0 Å². The molecule has 0 amide bonds. The Morgan fingerprint density at radius 1 is 1.33 bits per heavy atom. The lowest BCUT2D eigenvalue weighted by Gasteiger charge is -2.16. The van der Waals surface area contributed by atoms with Crippen LogP contribution in [0.15, 0.2) is 24.3 Å². The quantitative estimate of drug-likeness (QED) is 0.659. The zero-order valence-corrected chi connectivity index (χ0v) is 10.6. The number of hydrogen-bond donors (Lipinski definition) is 2. The van der Waals surface area contributed by atoms with Crippen molar-refractivity contribution in [2.45, 2.75) is 18.4 Å². The minimum atomic E-state index is -4.96. The summed E-state index contributed by atoms with van der Waals surface area (Å²) < 4.78 is 36.7. The number of benzene rings is 1. The fourth-order valence-corrected chi connectivity index (χ4v) is 1.69. The molecule has 0 aliphatic carbocycles. The van der Waals surface area contributed by atoms with Gasteiger partial charge in [0, 0.05) is 10.9 Å². The van der Waals surface area contributed by atoms with Gasteiger partial charge in [0.05, 0.1) is 6.10 Å². The molecule has 1 aromatic rings. The van der Waals surface area contributed by atoms with E-state index in [2.05, 4.69) is 15.9 Å². The minimum absolute atomic E-state index is 0.0528. The van der Waals surface area contributed by atoms with Crippen molar-refractivity contribution >= 4 is 21.7 Å². The van der Waals surface area contributed by atoms with Gasteiger partial charge >= 0.3 is 6.18 Å². The van der Waals surface area contributed by atoms with Gasteiger partial charge in [-0.05, 0) is 11.6 Å². The fraction of sp³-hybridized carbons (Fsp3) is 0.364. The van der Waals surface area contributed by atoms with Crippen molar-refractivity contribution in [1.82, 2.24) is 0 Å².